The van der Waals surface area contributed by atoms with Crippen molar-refractivity contribution >= 4 is 16.7 Å². The molecular weight excluding hydrogens is 230 g/mol. The van der Waals surface area contributed by atoms with Gasteiger partial charge in [0.1, 0.15) is 0 Å². The number of hydrogen-bond acceptors (Lipinski definition) is 4. The van der Waals surface area contributed by atoms with Crippen molar-refractivity contribution in [1.29, 1.82) is 0 Å². The lowest BCUT2D eigenvalue weighted by Gasteiger charge is -2.08. The Morgan fingerprint density at radius 3 is 2.78 bits per heavy atom. The highest BCUT2D eigenvalue weighted by Gasteiger charge is 2.26. The Morgan fingerprint density at radius 1 is 1.17 bits per heavy atom. The average molecular weight is 241 g/mol. The molecule has 0 spiro atoms. The summed E-state index contributed by atoms with van der Waals surface area (Å²) in [5, 5.41) is 0.980. The zero-order valence-corrected chi connectivity index (χ0v) is 9.95. The van der Waals surface area contributed by atoms with Gasteiger partial charge >= 0.3 is 0 Å². The van der Waals surface area contributed by atoms with Gasteiger partial charge in [-0.1, -0.05) is 0 Å². The summed E-state index contributed by atoms with van der Waals surface area (Å²) in [4.78, 5) is 16.5. The number of nitrogens with zero attached hydrogens (tertiary/aromatic N) is 1. The molecule has 1 aromatic heterocycles. The quantitative estimate of drug-likeness (QED) is 0.710. The van der Waals surface area contributed by atoms with Gasteiger partial charge in [0.05, 0.1) is 11.2 Å². The van der Waals surface area contributed by atoms with Crippen molar-refractivity contribution in [2.75, 3.05) is 6.79 Å². The normalized spacial score (nSPS) is 16.4. The number of fused-ring (bicyclic) bond motifs is 3. The number of ether oxygens (including phenoxy) is 2. The van der Waals surface area contributed by atoms with E-state index >= 15 is 0 Å². The summed E-state index contributed by atoms with van der Waals surface area (Å²) in [6.07, 6.45) is 1.32. The van der Waals surface area contributed by atoms with Crippen LogP contribution in [0.4, 0.5) is 0 Å². The van der Waals surface area contributed by atoms with Gasteiger partial charge in [-0.05, 0) is 25.0 Å². The molecule has 0 saturated carbocycles. The maximum atomic E-state index is 11.9. The van der Waals surface area contributed by atoms with E-state index in [0.717, 1.165) is 45.6 Å². The molecule has 4 heteroatoms. The second-order valence-electron chi connectivity index (χ2n) is 4.70. The third-order valence-electron chi connectivity index (χ3n) is 3.68. The van der Waals surface area contributed by atoms with Crippen LogP contribution in [0.5, 0.6) is 11.5 Å². The minimum atomic E-state index is 0.203. The number of Topliss-reactive ketones (excluding diaryl/α,β-unsaturated/α-hetero) is 1. The van der Waals surface area contributed by atoms with E-state index < -0.39 is 0 Å². The predicted molar refractivity (Wildman–Crippen MR) is 65.3 cm³/mol. The van der Waals surface area contributed by atoms with Gasteiger partial charge in [0.2, 0.25) is 6.79 Å². The molecule has 1 aromatic carbocycles. The lowest BCUT2D eigenvalue weighted by atomic mass is 10.0. The van der Waals surface area contributed by atoms with E-state index in [0.29, 0.717) is 6.42 Å². The molecule has 2 heterocycles. The molecule has 0 N–H and O–H groups in total. The second-order valence-corrected chi connectivity index (χ2v) is 4.70. The van der Waals surface area contributed by atoms with Crippen molar-refractivity contribution in [3.05, 3.63) is 29.0 Å². The first-order valence-electron chi connectivity index (χ1n) is 6.00. The zero-order chi connectivity index (χ0) is 12.3. The topological polar surface area (TPSA) is 48.4 Å². The fraction of sp³-hybridized carbons (Fsp3) is 0.286. The van der Waals surface area contributed by atoms with Crippen LogP contribution >= 0.6 is 0 Å². The van der Waals surface area contributed by atoms with Crippen molar-refractivity contribution < 1.29 is 14.3 Å². The van der Waals surface area contributed by atoms with Crippen molar-refractivity contribution in [2.45, 2.75) is 19.8 Å². The molecule has 0 unspecified atom stereocenters. The van der Waals surface area contributed by atoms with Crippen LogP contribution < -0.4 is 9.47 Å². The summed E-state index contributed by atoms with van der Waals surface area (Å²) in [7, 11) is 0. The molecule has 2 aromatic rings. The van der Waals surface area contributed by atoms with Crippen molar-refractivity contribution in [3.8, 4) is 11.5 Å². The third-order valence-corrected chi connectivity index (χ3v) is 3.68. The van der Waals surface area contributed by atoms with Gasteiger partial charge < -0.3 is 9.47 Å². The number of benzene rings is 1. The molecule has 0 amide bonds. The van der Waals surface area contributed by atoms with Gasteiger partial charge in [0.15, 0.2) is 17.3 Å². The van der Waals surface area contributed by atoms with Gasteiger partial charge in [0, 0.05) is 23.4 Å². The zero-order valence-electron chi connectivity index (χ0n) is 9.95. The SMILES string of the molecule is Cc1c2c(nc3cc4c(cc13)OCO4)CCC2=O. The Morgan fingerprint density at radius 2 is 1.94 bits per heavy atom. The van der Waals surface area contributed by atoms with Gasteiger partial charge in [-0.3, -0.25) is 9.78 Å². The Balaban J connectivity index is 2.10. The van der Waals surface area contributed by atoms with Crippen molar-refractivity contribution in [3.63, 3.8) is 0 Å². The number of ketones is 1. The van der Waals surface area contributed by atoms with E-state index in [1.807, 2.05) is 19.1 Å². The Bertz CT molecular complexity index is 706. The molecular formula is C14H11NO3. The van der Waals surface area contributed by atoms with Crippen LogP contribution in [0.1, 0.15) is 28.0 Å². The third kappa shape index (κ3) is 1.15. The largest absolute Gasteiger partial charge is 0.454 e. The molecule has 0 radical (unpaired) electrons. The molecule has 0 fully saturated rings. The maximum Gasteiger partial charge on any atom is 0.231 e. The summed E-state index contributed by atoms with van der Waals surface area (Å²) in [6.45, 7) is 2.23. The second kappa shape index (κ2) is 3.22. The summed E-state index contributed by atoms with van der Waals surface area (Å²) in [5.74, 6) is 1.67. The number of aromatic nitrogens is 1. The highest BCUT2D eigenvalue weighted by atomic mass is 16.7. The summed E-state index contributed by atoms with van der Waals surface area (Å²) in [6, 6.07) is 3.82. The molecule has 0 atom stereocenters. The van der Waals surface area contributed by atoms with Gasteiger partial charge in [-0.15, -0.1) is 0 Å². The smallest absolute Gasteiger partial charge is 0.231 e. The molecule has 1 aliphatic heterocycles. The summed E-state index contributed by atoms with van der Waals surface area (Å²) < 4.78 is 10.7. The number of carbonyl (C=O) groups excluding carboxylic acids is 1. The Labute approximate surface area is 104 Å². The van der Waals surface area contributed by atoms with Crippen LogP contribution in [0, 0.1) is 6.92 Å². The Hall–Kier alpha value is -2.10. The number of hydrogen-bond donors (Lipinski definition) is 0. The van der Waals surface area contributed by atoms with Crippen LogP contribution in [-0.2, 0) is 6.42 Å². The van der Waals surface area contributed by atoms with Crippen LogP contribution in [-0.4, -0.2) is 17.6 Å². The molecule has 4 nitrogen and oxygen atoms in total. The lowest BCUT2D eigenvalue weighted by molar-refractivity contribution is 0.0994. The first-order chi connectivity index (χ1) is 8.74. The van der Waals surface area contributed by atoms with Crippen molar-refractivity contribution in [1.82, 2.24) is 4.98 Å². The number of aryl methyl sites for hydroxylation is 2. The summed E-state index contributed by atoms with van der Waals surface area (Å²) >= 11 is 0. The standard InChI is InChI=1S/C14H11NO3/c1-7-8-4-12-13(18-6-17-12)5-10(8)15-9-2-3-11(16)14(7)9/h4-5H,2-3,6H2,1H3. The monoisotopic (exact) mass is 241 g/mol. The minimum absolute atomic E-state index is 0.203. The van der Waals surface area contributed by atoms with Gasteiger partial charge in [0.25, 0.3) is 0 Å². The van der Waals surface area contributed by atoms with E-state index in [4.69, 9.17) is 9.47 Å². The van der Waals surface area contributed by atoms with E-state index in [9.17, 15) is 4.79 Å². The highest BCUT2D eigenvalue weighted by Crippen LogP contribution is 2.38. The Kier molecular flexibility index (Phi) is 1.77. The van der Waals surface area contributed by atoms with Crippen molar-refractivity contribution in [2.24, 2.45) is 0 Å². The fourth-order valence-corrected chi connectivity index (χ4v) is 2.78. The maximum absolute atomic E-state index is 11.9. The van der Waals surface area contributed by atoms with E-state index in [2.05, 4.69) is 4.98 Å². The number of carbonyl (C=O) groups is 1. The molecule has 0 saturated heterocycles. The molecule has 0 bridgehead atoms. The van der Waals surface area contributed by atoms with E-state index in [-0.39, 0.29) is 12.6 Å². The summed E-state index contributed by atoms with van der Waals surface area (Å²) in [5.41, 5.74) is 3.62. The molecule has 90 valence electrons. The number of pyridine rings is 1. The van der Waals surface area contributed by atoms with Gasteiger partial charge in [-0.2, -0.15) is 0 Å². The predicted octanol–water partition coefficient (Wildman–Crippen LogP) is 2.40. The molecule has 4 rings (SSSR count). The highest BCUT2D eigenvalue weighted by molar-refractivity contribution is 6.05. The first-order valence-corrected chi connectivity index (χ1v) is 6.00. The van der Waals surface area contributed by atoms with Gasteiger partial charge in [-0.25, -0.2) is 0 Å². The fourth-order valence-electron chi connectivity index (χ4n) is 2.78. The first kappa shape index (κ1) is 9.88. The van der Waals surface area contributed by atoms with E-state index in [1.165, 1.54) is 0 Å². The minimum Gasteiger partial charge on any atom is -0.454 e. The number of rotatable bonds is 0. The molecule has 18 heavy (non-hydrogen) atoms. The average Bonchev–Trinajstić information content (AvgIpc) is 2.94. The van der Waals surface area contributed by atoms with Crippen LogP contribution in [0.25, 0.3) is 10.9 Å². The molecule has 1 aliphatic carbocycles. The van der Waals surface area contributed by atoms with Crippen LogP contribution in [0.15, 0.2) is 12.1 Å². The van der Waals surface area contributed by atoms with Crippen LogP contribution in [0.2, 0.25) is 0 Å². The lowest BCUT2D eigenvalue weighted by Crippen LogP contribution is -1.99. The molecule has 2 aliphatic rings. The van der Waals surface area contributed by atoms with Crippen LogP contribution in [0.3, 0.4) is 0 Å². The van der Waals surface area contributed by atoms with E-state index in [1.54, 1.807) is 0 Å².